The van der Waals surface area contributed by atoms with Gasteiger partial charge >= 0.3 is 0 Å². The van der Waals surface area contributed by atoms with Crippen LogP contribution in [0.2, 0.25) is 15.1 Å². The van der Waals surface area contributed by atoms with Crippen LogP contribution in [0.1, 0.15) is 16.1 Å². The molecule has 3 aromatic rings. The molecule has 0 aliphatic carbocycles. The van der Waals surface area contributed by atoms with E-state index in [1.807, 2.05) is 0 Å². The van der Waals surface area contributed by atoms with Gasteiger partial charge in [0.05, 0.1) is 39.1 Å². The first kappa shape index (κ1) is 22.0. The van der Waals surface area contributed by atoms with E-state index < -0.39 is 0 Å². The van der Waals surface area contributed by atoms with Gasteiger partial charge in [-0.25, -0.2) is 0 Å². The minimum absolute atomic E-state index is 0.233. The Labute approximate surface area is 188 Å². The van der Waals surface area contributed by atoms with Crippen molar-refractivity contribution in [1.82, 2.24) is 5.32 Å². The van der Waals surface area contributed by atoms with Gasteiger partial charge in [0.15, 0.2) is 6.61 Å². The van der Waals surface area contributed by atoms with Crippen molar-refractivity contribution in [2.75, 3.05) is 18.6 Å². The number of halogens is 3. The molecule has 2 aromatic carbocycles. The summed E-state index contributed by atoms with van der Waals surface area (Å²) in [6.45, 7) is -0.0761. The summed E-state index contributed by atoms with van der Waals surface area (Å²) in [4.78, 5) is 26.6. The fraction of sp³-hybridized carbons (Fsp3) is 0.143. The molecule has 0 saturated heterocycles. The lowest BCUT2D eigenvalue weighted by Crippen LogP contribution is -2.33. The Bertz CT molecular complexity index is 1050. The summed E-state index contributed by atoms with van der Waals surface area (Å²) in [6.07, 6.45) is 1.53. The SMILES string of the molecule is CN(C(=O)COc1cc(Cl)c(Cl)cc1Cl)c1ccccc1C(=O)NCc1ccco1. The fourth-order valence-electron chi connectivity index (χ4n) is 2.62. The Kier molecular flexibility index (Phi) is 7.26. The number of para-hydroxylation sites is 1. The van der Waals surface area contributed by atoms with Crippen LogP contribution in [0.4, 0.5) is 5.69 Å². The smallest absolute Gasteiger partial charge is 0.264 e. The maximum absolute atomic E-state index is 12.7. The zero-order valence-corrected chi connectivity index (χ0v) is 18.1. The lowest BCUT2D eigenvalue weighted by molar-refractivity contribution is -0.120. The molecule has 1 N–H and O–H groups in total. The fourth-order valence-corrected chi connectivity index (χ4v) is 3.21. The number of carbonyl (C=O) groups is 2. The molecule has 1 heterocycles. The second-order valence-electron chi connectivity index (χ2n) is 6.22. The molecule has 30 heavy (non-hydrogen) atoms. The van der Waals surface area contributed by atoms with Gasteiger partial charge < -0.3 is 19.4 Å². The van der Waals surface area contributed by atoms with E-state index in [9.17, 15) is 9.59 Å². The summed E-state index contributed by atoms with van der Waals surface area (Å²) in [7, 11) is 1.56. The van der Waals surface area contributed by atoms with E-state index in [0.29, 0.717) is 17.0 Å². The van der Waals surface area contributed by atoms with Crippen LogP contribution in [0.15, 0.2) is 59.2 Å². The summed E-state index contributed by atoms with van der Waals surface area (Å²) in [5.74, 6) is 0.132. The molecule has 0 spiro atoms. The van der Waals surface area contributed by atoms with Crippen LogP contribution in [-0.2, 0) is 11.3 Å². The molecule has 156 valence electrons. The van der Waals surface area contributed by atoms with E-state index in [1.165, 1.54) is 23.3 Å². The van der Waals surface area contributed by atoms with Crippen molar-refractivity contribution in [2.24, 2.45) is 0 Å². The predicted molar refractivity (Wildman–Crippen MR) is 117 cm³/mol. The van der Waals surface area contributed by atoms with Crippen molar-refractivity contribution in [3.8, 4) is 5.75 Å². The summed E-state index contributed by atoms with van der Waals surface area (Å²) < 4.78 is 10.7. The molecule has 0 bridgehead atoms. The molecule has 0 radical (unpaired) electrons. The second kappa shape index (κ2) is 9.89. The number of hydrogen-bond acceptors (Lipinski definition) is 4. The highest BCUT2D eigenvalue weighted by Crippen LogP contribution is 2.34. The van der Waals surface area contributed by atoms with Crippen LogP contribution in [0.3, 0.4) is 0 Å². The lowest BCUT2D eigenvalue weighted by Gasteiger charge is -2.21. The van der Waals surface area contributed by atoms with Gasteiger partial charge in [-0.15, -0.1) is 0 Å². The standard InChI is InChI=1S/C21H17Cl3N2O4/c1-26(20(27)12-30-19-10-16(23)15(22)9-17(19)24)18-7-3-2-6-14(18)21(28)25-11-13-5-4-8-29-13/h2-10H,11-12H2,1H3,(H,25,28). The van der Waals surface area contributed by atoms with Crippen molar-refractivity contribution in [2.45, 2.75) is 6.54 Å². The molecule has 3 rings (SSSR count). The third-order valence-corrected chi connectivity index (χ3v) is 5.23. The molecule has 0 fully saturated rings. The number of nitrogens with zero attached hydrogens (tertiary/aromatic N) is 1. The first-order chi connectivity index (χ1) is 14.4. The number of nitrogens with one attached hydrogen (secondary N) is 1. The topological polar surface area (TPSA) is 71.8 Å². The van der Waals surface area contributed by atoms with Gasteiger partial charge in [-0.3, -0.25) is 9.59 Å². The molecular formula is C21H17Cl3N2O4. The summed E-state index contributed by atoms with van der Waals surface area (Å²) in [5.41, 5.74) is 0.774. The number of likely N-dealkylation sites (N-methyl/N-ethyl adjacent to an activating group) is 1. The number of rotatable bonds is 7. The Hall–Kier alpha value is -2.67. The maximum Gasteiger partial charge on any atom is 0.264 e. The van der Waals surface area contributed by atoms with Gasteiger partial charge in [0.2, 0.25) is 0 Å². The molecule has 6 nitrogen and oxygen atoms in total. The molecule has 9 heteroatoms. The van der Waals surface area contributed by atoms with E-state index in [4.69, 9.17) is 44.0 Å². The number of carbonyl (C=O) groups excluding carboxylic acids is 2. The molecule has 1 aromatic heterocycles. The van der Waals surface area contributed by atoms with Crippen molar-refractivity contribution in [3.63, 3.8) is 0 Å². The number of amides is 2. The number of ether oxygens (including phenoxy) is 1. The van der Waals surface area contributed by atoms with Crippen molar-refractivity contribution >= 4 is 52.3 Å². The second-order valence-corrected chi connectivity index (χ2v) is 7.44. The molecule has 2 amide bonds. The lowest BCUT2D eigenvalue weighted by atomic mass is 10.1. The first-order valence-electron chi connectivity index (χ1n) is 8.80. The number of benzene rings is 2. The molecule has 0 unspecified atom stereocenters. The highest BCUT2D eigenvalue weighted by atomic mass is 35.5. The van der Waals surface area contributed by atoms with Crippen LogP contribution in [0.25, 0.3) is 0 Å². The normalized spacial score (nSPS) is 10.5. The van der Waals surface area contributed by atoms with Gasteiger partial charge in [0.25, 0.3) is 11.8 Å². The zero-order valence-electron chi connectivity index (χ0n) is 15.8. The predicted octanol–water partition coefficient (Wildman–Crippen LogP) is 5.21. The van der Waals surface area contributed by atoms with Crippen LogP contribution < -0.4 is 15.0 Å². The van der Waals surface area contributed by atoms with Gasteiger partial charge in [0, 0.05) is 13.1 Å². The summed E-state index contributed by atoms with van der Waals surface area (Å²) in [6, 6.07) is 13.1. The molecule has 0 aliphatic heterocycles. The van der Waals surface area contributed by atoms with Crippen molar-refractivity contribution < 1.29 is 18.7 Å². The Morgan fingerprint density at radius 3 is 2.50 bits per heavy atom. The molecule has 0 atom stereocenters. The Morgan fingerprint density at radius 1 is 1.03 bits per heavy atom. The van der Waals surface area contributed by atoms with Gasteiger partial charge in [-0.1, -0.05) is 46.9 Å². The minimum atomic E-state index is -0.386. The van der Waals surface area contributed by atoms with Crippen LogP contribution in [0.5, 0.6) is 5.75 Å². The summed E-state index contributed by atoms with van der Waals surface area (Å²) in [5, 5.41) is 3.54. The largest absolute Gasteiger partial charge is 0.482 e. The van der Waals surface area contributed by atoms with E-state index in [0.717, 1.165) is 0 Å². The maximum atomic E-state index is 12.7. The highest BCUT2D eigenvalue weighted by molar-refractivity contribution is 6.43. The molecule has 0 aliphatic rings. The monoisotopic (exact) mass is 466 g/mol. The summed E-state index contributed by atoms with van der Waals surface area (Å²) >= 11 is 17.9. The Balaban J connectivity index is 1.68. The minimum Gasteiger partial charge on any atom is -0.482 e. The number of hydrogen-bond donors (Lipinski definition) is 1. The van der Waals surface area contributed by atoms with Gasteiger partial charge in [-0.05, 0) is 30.3 Å². The van der Waals surface area contributed by atoms with E-state index in [2.05, 4.69) is 5.32 Å². The van der Waals surface area contributed by atoms with E-state index in [1.54, 1.807) is 43.4 Å². The van der Waals surface area contributed by atoms with Crippen LogP contribution in [0, 0.1) is 0 Å². The zero-order chi connectivity index (χ0) is 21.7. The van der Waals surface area contributed by atoms with E-state index in [-0.39, 0.29) is 45.8 Å². The number of furan rings is 1. The quantitative estimate of drug-likeness (QED) is 0.484. The van der Waals surface area contributed by atoms with Crippen molar-refractivity contribution in [1.29, 1.82) is 0 Å². The van der Waals surface area contributed by atoms with Gasteiger partial charge in [0.1, 0.15) is 11.5 Å². The number of anilines is 1. The Morgan fingerprint density at radius 2 is 1.77 bits per heavy atom. The van der Waals surface area contributed by atoms with E-state index >= 15 is 0 Å². The third kappa shape index (κ3) is 5.27. The van der Waals surface area contributed by atoms with Gasteiger partial charge in [-0.2, -0.15) is 0 Å². The molecule has 0 saturated carbocycles. The average Bonchev–Trinajstić information content (AvgIpc) is 3.26. The third-order valence-electron chi connectivity index (χ3n) is 4.21. The highest BCUT2D eigenvalue weighted by Gasteiger charge is 2.19. The van der Waals surface area contributed by atoms with Crippen molar-refractivity contribution in [3.05, 3.63) is 81.2 Å². The van der Waals surface area contributed by atoms with Crippen LogP contribution in [-0.4, -0.2) is 25.5 Å². The van der Waals surface area contributed by atoms with Crippen LogP contribution >= 0.6 is 34.8 Å². The molecular weight excluding hydrogens is 451 g/mol. The average molecular weight is 468 g/mol. The first-order valence-corrected chi connectivity index (χ1v) is 9.93.